The van der Waals surface area contributed by atoms with Crippen molar-refractivity contribution in [3.63, 3.8) is 0 Å². The molecule has 0 saturated carbocycles. The van der Waals surface area contributed by atoms with Crippen LogP contribution in [0.5, 0.6) is 5.75 Å². The molecule has 6 nitrogen and oxygen atoms in total. The Labute approximate surface area is 133 Å². The van der Waals surface area contributed by atoms with Gasteiger partial charge in [-0.15, -0.1) is 0 Å². The van der Waals surface area contributed by atoms with Gasteiger partial charge < -0.3 is 14.5 Å². The molecule has 0 aliphatic rings. The Kier molecular flexibility index (Phi) is 4.42. The molecule has 0 aliphatic heterocycles. The van der Waals surface area contributed by atoms with Gasteiger partial charge in [-0.25, -0.2) is 4.68 Å². The second-order valence-electron chi connectivity index (χ2n) is 5.10. The fraction of sp³-hybridized carbons (Fsp3) is 0.176. The summed E-state index contributed by atoms with van der Waals surface area (Å²) in [6, 6.07) is 12.9. The number of hydrogen-bond acceptors (Lipinski definition) is 4. The predicted molar refractivity (Wildman–Crippen MR) is 85.3 cm³/mol. The highest BCUT2D eigenvalue weighted by molar-refractivity contribution is 5.91. The van der Waals surface area contributed by atoms with Crippen molar-refractivity contribution in [3.8, 4) is 5.75 Å². The number of furan rings is 1. The Morgan fingerprint density at radius 3 is 2.83 bits per heavy atom. The van der Waals surface area contributed by atoms with Gasteiger partial charge in [-0.2, -0.15) is 5.10 Å². The molecule has 0 radical (unpaired) electrons. The molecule has 2 aromatic heterocycles. The van der Waals surface area contributed by atoms with Crippen LogP contribution in [0.15, 0.2) is 59.3 Å². The van der Waals surface area contributed by atoms with Gasteiger partial charge in [0.1, 0.15) is 23.9 Å². The Hall–Kier alpha value is -3.02. The minimum Gasteiger partial charge on any atom is -0.484 e. The lowest BCUT2D eigenvalue weighted by Gasteiger charge is -2.09. The first-order valence-corrected chi connectivity index (χ1v) is 7.24. The van der Waals surface area contributed by atoms with Crippen LogP contribution in [0.1, 0.15) is 11.3 Å². The number of ether oxygens (including phenoxy) is 1. The van der Waals surface area contributed by atoms with E-state index < -0.39 is 0 Å². The monoisotopic (exact) mass is 311 g/mol. The van der Waals surface area contributed by atoms with Gasteiger partial charge in [0, 0.05) is 6.07 Å². The summed E-state index contributed by atoms with van der Waals surface area (Å²) < 4.78 is 12.4. The van der Waals surface area contributed by atoms with Crippen molar-refractivity contribution in [1.29, 1.82) is 0 Å². The summed E-state index contributed by atoms with van der Waals surface area (Å²) in [5, 5.41) is 6.95. The molecule has 118 valence electrons. The highest BCUT2D eigenvalue weighted by Crippen LogP contribution is 2.13. The number of hydrogen-bond donors (Lipinski definition) is 1. The van der Waals surface area contributed by atoms with Crippen LogP contribution in [0.25, 0.3) is 0 Å². The number of nitrogens with one attached hydrogen (secondary N) is 1. The van der Waals surface area contributed by atoms with Crippen molar-refractivity contribution >= 4 is 11.7 Å². The summed E-state index contributed by atoms with van der Waals surface area (Å²) >= 11 is 0. The lowest BCUT2D eigenvalue weighted by molar-refractivity contribution is -0.118. The lowest BCUT2D eigenvalue weighted by Crippen LogP contribution is -2.22. The minimum absolute atomic E-state index is 0.0605. The third-order valence-electron chi connectivity index (χ3n) is 3.26. The number of benzene rings is 1. The predicted octanol–water partition coefficient (Wildman–Crippen LogP) is 2.85. The largest absolute Gasteiger partial charge is 0.484 e. The van der Waals surface area contributed by atoms with E-state index in [-0.39, 0.29) is 12.5 Å². The normalized spacial score (nSPS) is 10.5. The molecule has 1 amide bonds. The molecule has 6 heteroatoms. The number of carbonyl (C=O) groups excluding carboxylic acids is 1. The topological polar surface area (TPSA) is 69.3 Å². The average molecular weight is 311 g/mol. The zero-order valence-corrected chi connectivity index (χ0v) is 12.7. The van der Waals surface area contributed by atoms with Crippen LogP contribution < -0.4 is 10.1 Å². The van der Waals surface area contributed by atoms with E-state index in [1.807, 2.05) is 43.3 Å². The first-order chi connectivity index (χ1) is 11.2. The molecular formula is C17H17N3O3. The van der Waals surface area contributed by atoms with E-state index in [1.54, 1.807) is 23.2 Å². The highest BCUT2D eigenvalue weighted by Gasteiger charge is 2.09. The van der Waals surface area contributed by atoms with Crippen LogP contribution in [0, 0.1) is 6.92 Å². The Morgan fingerprint density at radius 1 is 1.26 bits per heavy atom. The molecular weight excluding hydrogens is 294 g/mol. The van der Waals surface area contributed by atoms with Gasteiger partial charge in [-0.3, -0.25) is 4.79 Å². The van der Waals surface area contributed by atoms with E-state index in [2.05, 4.69) is 10.4 Å². The molecule has 2 heterocycles. The number of anilines is 1. The van der Waals surface area contributed by atoms with Gasteiger partial charge in [0.2, 0.25) is 0 Å². The molecule has 23 heavy (non-hydrogen) atoms. The van der Waals surface area contributed by atoms with Crippen LogP contribution in [0.4, 0.5) is 5.82 Å². The number of aryl methyl sites for hydroxylation is 1. The average Bonchev–Trinajstić information content (AvgIpc) is 3.20. The molecule has 0 spiro atoms. The fourth-order valence-electron chi connectivity index (χ4n) is 2.08. The molecule has 3 aromatic rings. The van der Waals surface area contributed by atoms with Crippen molar-refractivity contribution in [1.82, 2.24) is 9.78 Å². The maximum Gasteiger partial charge on any atom is 0.263 e. The van der Waals surface area contributed by atoms with E-state index in [0.29, 0.717) is 18.1 Å². The first kappa shape index (κ1) is 14.9. The third-order valence-corrected chi connectivity index (χ3v) is 3.26. The van der Waals surface area contributed by atoms with E-state index in [0.717, 1.165) is 11.3 Å². The van der Waals surface area contributed by atoms with Crippen molar-refractivity contribution in [2.75, 3.05) is 11.9 Å². The van der Waals surface area contributed by atoms with E-state index in [9.17, 15) is 4.79 Å². The summed E-state index contributed by atoms with van der Waals surface area (Å²) in [6.45, 7) is 2.39. The molecule has 3 rings (SSSR count). The maximum absolute atomic E-state index is 12.0. The molecule has 0 fully saturated rings. The summed E-state index contributed by atoms with van der Waals surface area (Å²) in [7, 11) is 0. The Morgan fingerprint density at radius 2 is 2.09 bits per heavy atom. The summed E-state index contributed by atoms with van der Waals surface area (Å²) in [5.74, 6) is 1.78. The summed E-state index contributed by atoms with van der Waals surface area (Å²) in [4.78, 5) is 12.0. The van der Waals surface area contributed by atoms with Gasteiger partial charge in [0.15, 0.2) is 6.61 Å². The van der Waals surface area contributed by atoms with Gasteiger partial charge in [0.05, 0.1) is 12.5 Å². The van der Waals surface area contributed by atoms with Gasteiger partial charge in [-0.05, 0) is 31.2 Å². The third kappa shape index (κ3) is 4.00. The zero-order valence-electron chi connectivity index (χ0n) is 12.7. The molecule has 0 aliphatic carbocycles. The number of carbonyl (C=O) groups is 1. The number of nitrogens with zero attached hydrogens (tertiary/aromatic N) is 2. The van der Waals surface area contributed by atoms with Crippen molar-refractivity contribution < 1.29 is 13.9 Å². The Balaban J connectivity index is 1.56. The van der Waals surface area contributed by atoms with E-state index in [1.165, 1.54) is 0 Å². The highest BCUT2D eigenvalue weighted by atomic mass is 16.5. The second kappa shape index (κ2) is 6.83. The Bertz CT molecular complexity index is 761. The van der Waals surface area contributed by atoms with Gasteiger partial charge in [-0.1, -0.05) is 17.7 Å². The van der Waals surface area contributed by atoms with Crippen LogP contribution in [0.3, 0.4) is 0 Å². The molecule has 1 aromatic carbocycles. The van der Waals surface area contributed by atoms with Gasteiger partial charge in [0.25, 0.3) is 5.91 Å². The quantitative estimate of drug-likeness (QED) is 0.760. The van der Waals surface area contributed by atoms with Crippen molar-refractivity contribution in [3.05, 3.63) is 66.2 Å². The summed E-state index contributed by atoms with van der Waals surface area (Å²) in [5.41, 5.74) is 1.14. The summed E-state index contributed by atoms with van der Waals surface area (Å²) in [6.07, 6.45) is 3.23. The lowest BCUT2D eigenvalue weighted by atomic mass is 10.2. The molecule has 0 unspecified atom stereocenters. The number of rotatable bonds is 6. The van der Waals surface area contributed by atoms with Crippen molar-refractivity contribution in [2.24, 2.45) is 0 Å². The SMILES string of the molecule is Cc1ccc(OCC(=O)Nc2ccnn2Cc2ccco2)cc1. The molecule has 1 N–H and O–H groups in total. The van der Waals surface area contributed by atoms with E-state index in [4.69, 9.17) is 9.15 Å². The zero-order chi connectivity index (χ0) is 16.1. The van der Waals surface area contributed by atoms with Crippen LogP contribution in [0.2, 0.25) is 0 Å². The minimum atomic E-state index is -0.244. The second-order valence-corrected chi connectivity index (χ2v) is 5.10. The van der Waals surface area contributed by atoms with Crippen LogP contribution in [-0.2, 0) is 11.3 Å². The molecule has 0 atom stereocenters. The fourth-order valence-corrected chi connectivity index (χ4v) is 2.08. The van der Waals surface area contributed by atoms with E-state index >= 15 is 0 Å². The first-order valence-electron chi connectivity index (χ1n) is 7.24. The standard InChI is InChI=1S/C17H17N3O3/c1-13-4-6-14(7-5-13)23-12-17(21)19-16-8-9-18-20(16)11-15-3-2-10-22-15/h2-10H,11-12H2,1H3,(H,19,21). The van der Waals surface area contributed by atoms with Crippen LogP contribution >= 0.6 is 0 Å². The van der Waals surface area contributed by atoms with Crippen molar-refractivity contribution in [2.45, 2.75) is 13.5 Å². The molecule has 0 bridgehead atoms. The van der Waals surface area contributed by atoms with Crippen LogP contribution in [-0.4, -0.2) is 22.3 Å². The van der Waals surface area contributed by atoms with Gasteiger partial charge >= 0.3 is 0 Å². The smallest absolute Gasteiger partial charge is 0.263 e. The number of aromatic nitrogens is 2. The molecule has 0 saturated heterocycles. The number of amides is 1. The maximum atomic E-state index is 12.0.